The maximum atomic E-state index is 12.7. The maximum absolute atomic E-state index is 12.7. The number of aromatic nitrogens is 3. The Morgan fingerprint density at radius 3 is 2.60 bits per heavy atom. The molecule has 2 aromatic heterocycles. The zero-order chi connectivity index (χ0) is 17.6. The molecule has 0 fully saturated rings. The van der Waals surface area contributed by atoms with Gasteiger partial charge in [-0.05, 0) is 24.3 Å². The number of primary amides is 1. The second-order valence-corrected chi connectivity index (χ2v) is 6.24. The minimum atomic E-state index is -0.440. The van der Waals surface area contributed by atoms with Crippen molar-refractivity contribution in [2.45, 2.75) is 11.6 Å². The third-order valence-corrected chi connectivity index (χ3v) is 4.49. The van der Waals surface area contributed by atoms with E-state index in [0.717, 1.165) is 11.3 Å². The van der Waals surface area contributed by atoms with Crippen molar-refractivity contribution in [3.63, 3.8) is 0 Å². The number of pyridine rings is 1. The van der Waals surface area contributed by atoms with Gasteiger partial charge in [-0.3, -0.25) is 14.0 Å². The summed E-state index contributed by atoms with van der Waals surface area (Å²) < 4.78 is 1.83. The Morgan fingerprint density at radius 2 is 1.84 bits per heavy atom. The fourth-order valence-corrected chi connectivity index (χ4v) is 3.15. The minimum Gasteiger partial charge on any atom is -0.370 e. The minimum absolute atomic E-state index is 0.110. The molecule has 2 N–H and O–H groups in total. The molecule has 0 atom stereocenters. The van der Waals surface area contributed by atoms with Crippen LogP contribution in [-0.4, -0.2) is 38.7 Å². The van der Waals surface area contributed by atoms with Gasteiger partial charge < -0.3 is 10.6 Å². The van der Waals surface area contributed by atoms with E-state index in [2.05, 4.69) is 10.2 Å². The van der Waals surface area contributed by atoms with Gasteiger partial charge >= 0.3 is 0 Å². The molecule has 25 heavy (non-hydrogen) atoms. The van der Waals surface area contributed by atoms with Gasteiger partial charge in [0.05, 0.1) is 5.75 Å². The van der Waals surface area contributed by atoms with E-state index >= 15 is 0 Å². The van der Waals surface area contributed by atoms with Gasteiger partial charge in [-0.25, -0.2) is 0 Å². The molecule has 3 rings (SSSR count). The predicted octanol–water partition coefficient (Wildman–Crippen LogP) is 1.73. The number of carbonyl (C=O) groups excluding carboxylic acids is 2. The van der Waals surface area contributed by atoms with Gasteiger partial charge in [-0.2, -0.15) is 0 Å². The van der Waals surface area contributed by atoms with Crippen molar-refractivity contribution in [2.24, 2.45) is 5.73 Å². The fraction of sp³-hybridized carbons (Fsp3) is 0.176. The molecule has 0 aliphatic rings. The van der Waals surface area contributed by atoms with Crippen molar-refractivity contribution in [3.8, 4) is 0 Å². The molecule has 0 bridgehead atoms. The van der Waals surface area contributed by atoms with Crippen LogP contribution in [0.25, 0.3) is 5.65 Å². The summed E-state index contributed by atoms with van der Waals surface area (Å²) in [7, 11) is 0. The summed E-state index contributed by atoms with van der Waals surface area (Å²) in [6, 6.07) is 14.8. The highest BCUT2D eigenvalue weighted by atomic mass is 32.2. The quantitative estimate of drug-likeness (QED) is 0.652. The molecule has 0 saturated carbocycles. The topological polar surface area (TPSA) is 93.6 Å². The van der Waals surface area contributed by atoms with Gasteiger partial charge in [0.15, 0.2) is 10.8 Å². The summed E-state index contributed by atoms with van der Waals surface area (Å²) in [5, 5.41) is 8.82. The van der Waals surface area contributed by atoms with E-state index in [-0.39, 0.29) is 24.6 Å². The van der Waals surface area contributed by atoms with E-state index < -0.39 is 5.91 Å². The summed E-state index contributed by atoms with van der Waals surface area (Å²) in [5.74, 6) is -0.376. The van der Waals surface area contributed by atoms with Crippen LogP contribution in [0.5, 0.6) is 0 Å². The summed E-state index contributed by atoms with van der Waals surface area (Å²) in [4.78, 5) is 25.4. The van der Waals surface area contributed by atoms with Crippen LogP contribution in [0.4, 0.5) is 5.69 Å². The third-order valence-electron chi connectivity index (χ3n) is 3.56. The van der Waals surface area contributed by atoms with E-state index in [9.17, 15) is 9.59 Å². The molecule has 0 aliphatic carbocycles. The third kappa shape index (κ3) is 4.16. The number of nitrogens with zero attached hydrogens (tertiary/aromatic N) is 4. The predicted molar refractivity (Wildman–Crippen MR) is 96.3 cm³/mol. The molecule has 8 heteroatoms. The van der Waals surface area contributed by atoms with Crippen LogP contribution in [0, 0.1) is 0 Å². The van der Waals surface area contributed by atoms with Gasteiger partial charge in [0.1, 0.15) is 0 Å². The second kappa shape index (κ2) is 7.80. The van der Waals surface area contributed by atoms with Gasteiger partial charge in [0.2, 0.25) is 11.8 Å². The molecule has 0 radical (unpaired) electrons. The lowest BCUT2D eigenvalue weighted by Crippen LogP contribution is -2.35. The van der Waals surface area contributed by atoms with Gasteiger partial charge in [0, 0.05) is 24.8 Å². The average Bonchev–Trinajstić information content (AvgIpc) is 3.04. The van der Waals surface area contributed by atoms with Gasteiger partial charge in [-0.1, -0.05) is 36.0 Å². The molecule has 0 saturated heterocycles. The molecule has 0 spiro atoms. The molecule has 128 valence electrons. The number of carbonyl (C=O) groups is 2. The number of nitrogens with two attached hydrogens (primary N) is 1. The van der Waals surface area contributed by atoms with E-state index in [0.29, 0.717) is 5.16 Å². The molecule has 1 aromatic carbocycles. The van der Waals surface area contributed by atoms with Crippen molar-refractivity contribution < 1.29 is 9.59 Å². The molecule has 0 unspecified atom stereocenters. The first-order chi connectivity index (χ1) is 12.1. The van der Waals surface area contributed by atoms with E-state index in [1.807, 2.05) is 59.1 Å². The number of anilines is 1. The van der Waals surface area contributed by atoms with Gasteiger partial charge in [0.25, 0.3) is 0 Å². The van der Waals surface area contributed by atoms with Crippen molar-refractivity contribution in [1.29, 1.82) is 0 Å². The zero-order valence-electron chi connectivity index (χ0n) is 13.4. The first-order valence-electron chi connectivity index (χ1n) is 7.71. The highest BCUT2D eigenvalue weighted by Crippen LogP contribution is 2.20. The van der Waals surface area contributed by atoms with Crippen molar-refractivity contribution in [3.05, 3.63) is 54.7 Å². The van der Waals surface area contributed by atoms with Crippen LogP contribution >= 0.6 is 11.8 Å². The number of hydrogen-bond donors (Lipinski definition) is 1. The number of hydrogen-bond acceptors (Lipinski definition) is 5. The molecule has 2 heterocycles. The monoisotopic (exact) mass is 355 g/mol. The smallest absolute Gasteiger partial charge is 0.237 e. The Morgan fingerprint density at radius 1 is 1.08 bits per heavy atom. The molecular formula is C17H17N5O2S. The maximum Gasteiger partial charge on any atom is 0.237 e. The average molecular weight is 355 g/mol. The molecule has 7 nitrogen and oxygen atoms in total. The van der Waals surface area contributed by atoms with E-state index in [4.69, 9.17) is 5.73 Å². The summed E-state index contributed by atoms with van der Waals surface area (Å²) in [5.41, 5.74) is 6.69. The number of para-hydroxylation sites is 1. The fourth-order valence-electron chi connectivity index (χ4n) is 2.35. The number of thioether (sulfide) groups is 1. The van der Waals surface area contributed by atoms with Crippen molar-refractivity contribution in [1.82, 2.24) is 14.6 Å². The Kier molecular flexibility index (Phi) is 5.30. The zero-order valence-corrected chi connectivity index (χ0v) is 14.2. The van der Waals surface area contributed by atoms with Crippen LogP contribution in [0.3, 0.4) is 0 Å². The summed E-state index contributed by atoms with van der Waals surface area (Å²) in [6.07, 6.45) is 1.96. The van der Waals surface area contributed by atoms with Crippen LogP contribution < -0.4 is 10.6 Å². The number of fused-ring (bicyclic) bond motifs is 1. The lowest BCUT2D eigenvalue weighted by atomic mass is 10.2. The number of rotatable bonds is 7. The lowest BCUT2D eigenvalue weighted by Gasteiger charge is -2.22. The standard InChI is InChI=1S/C17H17N5O2S/c18-14(23)9-11-21(13-6-2-1-3-7-13)16(24)12-25-17-20-19-15-8-4-5-10-22(15)17/h1-8,10H,9,11-12H2,(H2,18,23). The van der Waals surface area contributed by atoms with Crippen LogP contribution in [0.1, 0.15) is 6.42 Å². The lowest BCUT2D eigenvalue weighted by molar-refractivity contribution is -0.118. The molecule has 3 aromatic rings. The Balaban J connectivity index is 1.72. The van der Waals surface area contributed by atoms with Crippen LogP contribution in [0.15, 0.2) is 59.9 Å². The number of amides is 2. The SMILES string of the molecule is NC(=O)CCN(C(=O)CSc1nnc2ccccn12)c1ccccc1. The highest BCUT2D eigenvalue weighted by Gasteiger charge is 2.18. The first kappa shape index (κ1) is 17.0. The van der Waals surface area contributed by atoms with Crippen molar-refractivity contribution >= 4 is 34.9 Å². The first-order valence-corrected chi connectivity index (χ1v) is 8.70. The molecule has 2 amide bonds. The summed E-state index contributed by atoms with van der Waals surface area (Å²) >= 11 is 1.30. The summed E-state index contributed by atoms with van der Waals surface area (Å²) in [6.45, 7) is 0.249. The van der Waals surface area contributed by atoms with E-state index in [1.165, 1.54) is 11.8 Å². The number of benzene rings is 1. The van der Waals surface area contributed by atoms with Crippen LogP contribution in [-0.2, 0) is 9.59 Å². The van der Waals surface area contributed by atoms with E-state index in [1.54, 1.807) is 4.90 Å². The molecule has 0 aliphatic heterocycles. The van der Waals surface area contributed by atoms with Crippen LogP contribution in [0.2, 0.25) is 0 Å². The van der Waals surface area contributed by atoms with Gasteiger partial charge in [-0.15, -0.1) is 10.2 Å². The normalized spacial score (nSPS) is 10.7. The highest BCUT2D eigenvalue weighted by molar-refractivity contribution is 7.99. The van der Waals surface area contributed by atoms with Crippen molar-refractivity contribution in [2.75, 3.05) is 17.2 Å². The second-order valence-electron chi connectivity index (χ2n) is 5.30. The Bertz CT molecular complexity index is 881. The Hall–Kier alpha value is -2.87. The largest absolute Gasteiger partial charge is 0.370 e. The Labute approximate surface area is 148 Å². The molecular weight excluding hydrogens is 338 g/mol.